The monoisotopic (exact) mass is 203 g/mol. The zero-order valence-electron chi connectivity index (χ0n) is 5.37. The minimum atomic E-state index is 0.546. The van der Waals surface area contributed by atoms with E-state index in [1.54, 1.807) is 12.1 Å². The average Bonchev–Trinajstić information content (AvgIpc) is 2.13. The quantitative estimate of drug-likeness (QED) is 0.301. The van der Waals surface area contributed by atoms with Crippen LogP contribution in [0.4, 0.5) is 0 Å². The fourth-order valence-corrected chi connectivity index (χ4v) is 0.896. The van der Waals surface area contributed by atoms with Crippen molar-refractivity contribution in [3.63, 3.8) is 0 Å². The maximum atomic E-state index is 10.4. The standard InChI is InChI=1S/C6H6BrNO2/c1-8(9)4-5-2-3-6(7)10-5/h2-4H,1H3/b8-4-. The molecule has 1 rings (SSSR count). The van der Waals surface area contributed by atoms with Gasteiger partial charge in [0.25, 0.3) is 0 Å². The molecule has 0 spiro atoms. The number of hydroxylamine groups is 1. The van der Waals surface area contributed by atoms with Gasteiger partial charge >= 0.3 is 0 Å². The molecule has 10 heavy (non-hydrogen) atoms. The van der Waals surface area contributed by atoms with Crippen molar-refractivity contribution in [3.05, 3.63) is 27.8 Å². The maximum Gasteiger partial charge on any atom is 0.217 e. The summed E-state index contributed by atoms with van der Waals surface area (Å²) in [6.45, 7) is 0. The highest BCUT2D eigenvalue weighted by Crippen LogP contribution is 2.11. The van der Waals surface area contributed by atoms with Gasteiger partial charge in [0.1, 0.15) is 7.05 Å². The van der Waals surface area contributed by atoms with Crippen molar-refractivity contribution in [2.45, 2.75) is 0 Å². The summed E-state index contributed by atoms with van der Waals surface area (Å²) in [5, 5.41) is 10.4. The molecule has 0 aliphatic carbocycles. The van der Waals surface area contributed by atoms with Crippen LogP contribution in [0.1, 0.15) is 5.76 Å². The third-order valence-electron chi connectivity index (χ3n) is 0.903. The lowest BCUT2D eigenvalue weighted by Crippen LogP contribution is -1.95. The molecule has 4 heteroatoms. The predicted molar refractivity (Wildman–Crippen MR) is 41.1 cm³/mol. The summed E-state index contributed by atoms with van der Waals surface area (Å²) in [4.78, 5) is 0. The maximum absolute atomic E-state index is 10.4. The number of furan rings is 1. The van der Waals surface area contributed by atoms with Crippen LogP contribution in [0.25, 0.3) is 0 Å². The second-order valence-corrected chi connectivity index (χ2v) is 2.60. The van der Waals surface area contributed by atoms with Crippen LogP contribution in [0.2, 0.25) is 0 Å². The van der Waals surface area contributed by atoms with E-state index in [0.717, 1.165) is 0 Å². The molecule has 0 saturated carbocycles. The molecule has 0 fully saturated rings. The molecule has 1 heterocycles. The highest BCUT2D eigenvalue weighted by molar-refractivity contribution is 9.10. The zero-order valence-corrected chi connectivity index (χ0v) is 6.96. The molecule has 1 aromatic rings. The summed E-state index contributed by atoms with van der Waals surface area (Å²) >= 11 is 3.11. The second kappa shape index (κ2) is 2.88. The molecular formula is C6H6BrNO2. The first-order valence-corrected chi connectivity index (χ1v) is 3.48. The molecule has 0 aliphatic rings. The van der Waals surface area contributed by atoms with Crippen LogP contribution in [-0.2, 0) is 0 Å². The normalized spacial score (nSPS) is 12.0. The van der Waals surface area contributed by atoms with E-state index in [1.807, 2.05) is 0 Å². The van der Waals surface area contributed by atoms with Gasteiger partial charge in [-0.1, -0.05) is 0 Å². The Morgan fingerprint density at radius 3 is 2.80 bits per heavy atom. The molecule has 0 aromatic carbocycles. The van der Waals surface area contributed by atoms with E-state index in [2.05, 4.69) is 15.9 Å². The predicted octanol–water partition coefficient (Wildman–Crippen LogP) is 1.60. The average molecular weight is 204 g/mol. The Morgan fingerprint density at radius 2 is 2.40 bits per heavy atom. The summed E-state index contributed by atoms with van der Waals surface area (Å²) in [6, 6.07) is 3.44. The van der Waals surface area contributed by atoms with Crippen molar-refractivity contribution in [3.8, 4) is 0 Å². The molecule has 54 valence electrons. The minimum absolute atomic E-state index is 0.546. The van der Waals surface area contributed by atoms with Gasteiger partial charge in [0.05, 0.1) is 0 Å². The van der Waals surface area contributed by atoms with E-state index in [4.69, 9.17) is 4.42 Å². The van der Waals surface area contributed by atoms with Crippen LogP contribution in [0.15, 0.2) is 21.2 Å². The van der Waals surface area contributed by atoms with Gasteiger partial charge in [0.2, 0.25) is 6.21 Å². The van der Waals surface area contributed by atoms with Gasteiger partial charge in [0, 0.05) is 0 Å². The lowest BCUT2D eigenvalue weighted by Gasteiger charge is -1.90. The largest absolute Gasteiger partial charge is 0.624 e. The van der Waals surface area contributed by atoms with Gasteiger partial charge in [-0.15, -0.1) is 0 Å². The highest BCUT2D eigenvalue weighted by Gasteiger charge is 1.97. The van der Waals surface area contributed by atoms with Crippen molar-refractivity contribution >= 4 is 22.1 Å². The topological polar surface area (TPSA) is 39.2 Å². The van der Waals surface area contributed by atoms with E-state index < -0.39 is 0 Å². The summed E-state index contributed by atoms with van der Waals surface area (Å²) in [5.41, 5.74) is 0. The smallest absolute Gasteiger partial charge is 0.217 e. The van der Waals surface area contributed by atoms with Crippen molar-refractivity contribution < 1.29 is 9.16 Å². The summed E-state index contributed by atoms with van der Waals surface area (Å²) in [6.07, 6.45) is 1.35. The molecule has 0 bridgehead atoms. The van der Waals surface area contributed by atoms with E-state index in [1.165, 1.54) is 13.3 Å². The van der Waals surface area contributed by atoms with Crippen LogP contribution >= 0.6 is 15.9 Å². The second-order valence-electron chi connectivity index (χ2n) is 1.82. The lowest BCUT2D eigenvalue weighted by molar-refractivity contribution is -0.417. The van der Waals surface area contributed by atoms with Gasteiger partial charge in [-0.05, 0) is 28.1 Å². The molecule has 0 atom stereocenters. The molecule has 0 amide bonds. The third-order valence-corrected chi connectivity index (χ3v) is 1.33. The molecular weight excluding hydrogens is 198 g/mol. The fourth-order valence-electron chi connectivity index (χ4n) is 0.577. The summed E-state index contributed by atoms with van der Waals surface area (Å²) in [5.74, 6) is 0.546. The van der Waals surface area contributed by atoms with Gasteiger partial charge in [-0.2, -0.15) is 0 Å². The van der Waals surface area contributed by atoms with Gasteiger partial charge < -0.3 is 9.62 Å². The number of hydrogen-bond donors (Lipinski definition) is 0. The Kier molecular flexibility index (Phi) is 2.11. The Labute approximate surface area is 66.7 Å². The Balaban J connectivity index is 2.86. The molecule has 0 radical (unpaired) electrons. The third kappa shape index (κ3) is 1.88. The van der Waals surface area contributed by atoms with E-state index in [0.29, 0.717) is 15.2 Å². The number of halogens is 1. The summed E-state index contributed by atoms with van der Waals surface area (Å²) in [7, 11) is 1.40. The van der Waals surface area contributed by atoms with E-state index in [-0.39, 0.29) is 0 Å². The Hall–Kier alpha value is -0.770. The van der Waals surface area contributed by atoms with Crippen molar-refractivity contribution in [2.75, 3.05) is 7.05 Å². The molecule has 3 nitrogen and oxygen atoms in total. The van der Waals surface area contributed by atoms with Crippen LogP contribution in [0.3, 0.4) is 0 Å². The van der Waals surface area contributed by atoms with E-state index >= 15 is 0 Å². The van der Waals surface area contributed by atoms with Crippen LogP contribution < -0.4 is 0 Å². The van der Waals surface area contributed by atoms with Gasteiger partial charge in [0.15, 0.2) is 10.4 Å². The van der Waals surface area contributed by atoms with E-state index in [9.17, 15) is 5.21 Å². The molecule has 1 aromatic heterocycles. The van der Waals surface area contributed by atoms with Gasteiger partial charge in [-0.25, -0.2) is 4.74 Å². The van der Waals surface area contributed by atoms with Crippen molar-refractivity contribution in [2.24, 2.45) is 0 Å². The van der Waals surface area contributed by atoms with Crippen molar-refractivity contribution in [1.82, 2.24) is 0 Å². The minimum Gasteiger partial charge on any atom is -0.624 e. The molecule has 0 aliphatic heterocycles. The lowest BCUT2D eigenvalue weighted by atomic mass is 10.5. The highest BCUT2D eigenvalue weighted by atomic mass is 79.9. The Bertz CT molecular complexity index is 250. The van der Waals surface area contributed by atoms with Crippen LogP contribution in [0, 0.1) is 5.21 Å². The van der Waals surface area contributed by atoms with Crippen LogP contribution in [-0.4, -0.2) is 18.0 Å². The van der Waals surface area contributed by atoms with Gasteiger partial charge in [-0.3, -0.25) is 0 Å². The zero-order chi connectivity index (χ0) is 7.56. The molecule has 0 saturated heterocycles. The Morgan fingerprint density at radius 1 is 1.70 bits per heavy atom. The van der Waals surface area contributed by atoms with Crippen molar-refractivity contribution in [1.29, 1.82) is 0 Å². The fraction of sp³-hybridized carbons (Fsp3) is 0.167. The molecule has 0 N–H and O–H groups in total. The number of rotatable bonds is 1. The first-order valence-electron chi connectivity index (χ1n) is 2.68. The first kappa shape index (κ1) is 7.34. The molecule has 0 unspecified atom stereocenters. The number of hydrogen-bond acceptors (Lipinski definition) is 2. The first-order chi connectivity index (χ1) is 4.68. The summed E-state index contributed by atoms with van der Waals surface area (Å²) < 4.78 is 6.33. The number of nitrogens with zero attached hydrogens (tertiary/aromatic N) is 1. The SMILES string of the molecule is C/[N+]([O-])=C/c1ccc(Br)o1. The van der Waals surface area contributed by atoms with Crippen LogP contribution in [0.5, 0.6) is 0 Å².